The summed E-state index contributed by atoms with van der Waals surface area (Å²) in [6.07, 6.45) is 0.564. The first-order valence-electron chi connectivity index (χ1n) is 7.36. The lowest BCUT2D eigenvalue weighted by Crippen LogP contribution is -2.32. The van der Waals surface area contributed by atoms with Gasteiger partial charge >= 0.3 is 0 Å². The number of aliphatic hydroxyl groups is 1. The summed E-state index contributed by atoms with van der Waals surface area (Å²) in [5, 5.41) is 13.9. The minimum absolute atomic E-state index is 0.0474. The van der Waals surface area contributed by atoms with Crippen molar-refractivity contribution in [1.29, 1.82) is 0 Å². The van der Waals surface area contributed by atoms with Gasteiger partial charge in [0.05, 0.1) is 23.4 Å². The molecule has 0 aromatic heterocycles. The van der Waals surface area contributed by atoms with Gasteiger partial charge in [0.15, 0.2) is 0 Å². The molecule has 0 saturated heterocycles. The molecule has 2 unspecified atom stereocenters. The fourth-order valence-electron chi connectivity index (χ4n) is 2.40. The molecule has 1 aromatic rings. The van der Waals surface area contributed by atoms with Crippen LogP contribution in [0.3, 0.4) is 0 Å². The van der Waals surface area contributed by atoms with Gasteiger partial charge in [0, 0.05) is 24.3 Å². The summed E-state index contributed by atoms with van der Waals surface area (Å²) in [5.74, 6) is 0.600. The predicted octanol–water partition coefficient (Wildman–Crippen LogP) is 2.66. The Balaban J connectivity index is 2.21. The summed E-state index contributed by atoms with van der Waals surface area (Å²) in [6.45, 7) is 6.01. The lowest BCUT2D eigenvalue weighted by Gasteiger charge is -2.20. The molecule has 0 spiro atoms. The Morgan fingerprint density at radius 3 is 2.86 bits per heavy atom. The van der Waals surface area contributed by atoms with Crippen molar-refractivity contribution in [1.82, 2.24) is 5.43 Å². The van der Waals surface area contributed by atoms with Crippen LogP contribution in [0.15, 0.2) is 17.2 Å². The summed E-state index contributed by atoms with van der Waals surface area (Å²) >= 11 is 6.32. The molecule has 1 amide bonds. The van der Waals surface area contributed by atoms with Crippen molar-refractivity contribution in [2.75, 3.05) is 6.61 Å². The number of rotatable bonds is 5. The number of nitrogens with one attached hydrogen (secondary N) is 1. The molecule has 0 fully saturated rings. The number of nitrogens with zero attached hydrogens (tertiary/aromatic N) is 1. The number of amides is 1. The van der Waals surface area contributed by atoms with E-state index in [0.29, 0.717) is 30.2 Å². The van der Waals surface area contributed by atoms with Gasteiger partial charge in [0.25, 0.3) is 0 Å². The van der Waals surface area contributed by atoms with Crippen molar-refractivity contribution in [2.45, 2.75) is 39.7 Å². The van der Waals surface area contributed by atoms with Crippen LogP contribution in [-0.2, 0) is 4.79 Å². The molecule has 1 aliphatic heterocycles. The van der Waals surface area contributed by atoms with E-state index in [2.05, 4.69) is 10.5 Å². The zero-order valence-electron chi connectivity index (χ0n) is 13.0. The van der Waals surface area contributed by atoms with Crippen molar-refractivity contribution in [3.05, 3.63) is 28.3 Å². The van der Waals surface area contributed by atoms with Crippen molar-refractivity contribution >= 4 is 23.2 Å². The van der Waals surface area contributed by atoms with Crippen LogP contribution in [0.2, 0.25) is 5.02 Å². The third-order valence-corrected chi connectivity index (χ3v) is 3.85. The number of carbonyl (C=O) groups is 1. The molecule has 1 heterocycles. The molecule has 120 valence electrons. The summed E-state index contributed by atoms with van der Waals surface area (Å²) in [7, 11) is 0. The highest BCUT2D eigenvalue weighted by Gasteiger charge is 2.23. The van der Waals surface area contributed by atoms with Gasteiger partial charge < -0.3 is 9.84 Å². The van der Waals surface area contributed by atoms with E-state index in [1.165, 1.54) is 0 Å². The topological polar surface area (TPSA) is 70.9 Å². The molecule has 0 saturated carbocycles. The van der Waals surface area contributed by atoms with Gasteiger partial charge in [-0.15, -0.1) is 0 Å². The van der Waals surface area contributed by atoms with E-state index in [-0.39, 0.29) is 11.8 Å². The van der Waals surface area contributed by atoms with Crippen LogP contribution >= 0.6 is 11.6 Å². The number of hydrogen-bond acceptors (Lipinski definition) is 4. The van der Waals surface area contributed by atoms with E-state index in [1.54, 1.807) is 13.0 Å². The molecule has 0 bridgehead atoms. The predicted molar refractivity (Wildman–Crippen MR) is 86.4 cm³/mol. The van der Waals surface area contributed by atoms with Gasteiger partial charge in [0.2, 0.25) is 5.91 Å². The number of halogens is 1. The zero-order chi connectivity index (χ0) is 16.3. The van der Waals surface area contributed by atoms with Crippen LogP contribution in [0.5, 0.6) is 5.75 Å². The molecule has 2 N–H and O–H groups in total. The van der Waals surface area contributed by atoms with Gasteiger partial charge in [-0.05, 0) is 31.5 Å². The number of hydrogen-bond donors (Lipinski definition) is 2. The minimum atomic E-state index is -0.403. The van der Waals surface area contributed by atoms with E-state index in [4.69, 9.17) is 16.3 Å². The Hall–Kier alpha value is -1.59. The van der Waals surface area contributed by atoms with E-state index in [9.17, 15) is 9.90 Å². The summed E-state index contributed by atoms with van der Waals surface area (Å²) < 4.78 is 5.66. The van der Waals surface area contributed by atoms with Crippen molar-refractivity contribution in [2.24, 2.45) is 11.0 Å². The molecule has 2 atom stereocenters. The maximum atomic E-state index is 11.3. The number of ether oxygens (including phenoxy) is 1. The molecule has 6 heteroatoms. The van der Waals surface area contributed by atoms with Crippen LogP contribution < -0.4 is 10.2 Å². The SMILES string of the molecule is Cc1cc(C2=NNC(=O)CC2C)cc(Cl)c1OCCC(C)O. The second-order valence-corrected chi connectivity index (χ2v) is 6.13. The van der Waals surface area contributed by atoms with Crippen LogP contribution in [-0.4, -0.2) is 29.4 Å². The number of hydrazone groups is 1. The molecule has 1 aromatic carbocycles. The molecular formula is C16H21ClN2O3. The lowest BCUT2D eigenvalue weighted by atomic mass is 9.93. The maximum Gasteiger partial charge on any atom is 0.240 e. The largest absolute Gasteiger partial charge is 0.492 e. The average molecular weight is 325 g/mol. The summed E-state index contributed by atoms with van der Waals surface area (Å²) in [5.41, 5.74) is 5.12. The number of aryl methyl sites for hydroxylation is 1. The van der Waals surface area contributed by atoms with Crippen molar-refractivity contribution < 1.29 is 14.6 Å². The van der Waals surface area contributed by atoms with Crippen LogP contribution in [0, 0.1) is 12.8 Å². The van der Waals surface area contributed by atoms with E-state index >= 15 is 0 Å². The minimum Gasteiger partial charge on any atom is -0.492 e. The summed E-state index contributed by atoms with van der Waals surface area (Å²) in [4.78, 5) is 11.3. The Morgan fingerprint density at radius 2 is 2.27 bits per heavy atom. The molecule has 0 radical (unpaired) electrons. The van der Waals surface area contributed by atoms with E-state index in [1.807, 2.05) is 19.9 Å². The highest BCUT2D eigenvalue weighted by Crippen LogP contribution is 2.31. The molecular weight excluding hydrogens is 304 g/mol. The lowest BCUT2D eigenvalue weighted by molar-refractivity contribution is -0.121. The fourth-order valence-corrected chi connectivity index (χ4v) is 2.72. The second-order valence-electron chi connectivity index (χ2n) is 5.73. The smallest absolute Gasteiger partial charge is 0.240 e. The molecule has 0 aliphatic carbocycles. The Labute approximate surface area is 135 Å². The quantitative estimate of drug-likeness (QED) is 0.874. The Kier molecular flexibility index (Phi) is 5.42. The highest BCUT2D eigenvalue weighted by atomic mass is 35.5. The van der Waals surface area contributed by atoms with Crippen LogP contribution in [0.4, 0.5) is 0 Å². The first kappa shape index (κ1) is 16.8. The van der Waals surface area contributed by atoms with Gasteiger partial charge in [-0.1, -0.05) is 18.5 Å². The van der Waals surface area contributed by atoms with Gasteiger partial charge in [-0.3, -0.25) is 4.79 Å². The Bertz CT molecular complexity index is 576. The maximum absolute atomic E-state index is 11.3. The monoisotopic (exact) mass is 324 g/mol. The third-order valence-electron chi connectivity index (χ3n) is 3.57. The third kappa shape index (κ3) is 3.99. The standard InChI is InChI=1S/C16H21ClN2O3/c1-9-7-14(21)18-19-15(9)12-6-10(2)16(13(17)8-12)22-5-4-11(3)20/h6,8-9,11,20H,4-5,7H2,1-3H3,(H,18,21). The molecule has 5 nitrogen and oxygen atoms in total. The second kappa shape index (κ2) is 7.11. The van der Waals surface area contributed by atoms with E-state index in [0.717, 1.165) is 16.8 Å². The highest BCUT2D eigenvalue weighted by molar-refractivity contribution is 6.32. The zero-order valence-corrected chi connectivity index (χ0v) is 13.8. The van der Waals surface area contributed by atoms with Gasteiger partial charge in [0.1, 0.15) is 5.75 Å². The number of benzene rings is 1. The molecule has 1 aliphatic rings. The van der Waals surface area contributed by atoms with Crippen LogP contribution in [0.25, 0.3) is 0 Å². The molecule has 22 heavy (non-hydrogen) atoms. The van der Waals surface area contributed by atoms with Crippen molar-refractivity contribution in [3.63, 3.8) is 0 Å². The first-order valence-corrected chi connectivity index (χ1v) is 7.74. The summed E-state index contributed by atoms with van der Waals surface area (Å²) in [6, 6.07) is 3.76. The van der Waals surface area contributed by atoms with Crippen LogP contribution in [0.1, 0.15) is 37.8 Å². The molecule has 2 rings (SSSR count). The Morgan fingerprint density at radius 1 is 1.55 bits per heavy atom. The first-order chi connectivity index (χ1) is 10.4. The van der Waals surface area contributed by atoms with E-state index < -0.39 is 6.10 Å². The number of carbonyl (C=O) groups excluding carboxylic acids is 1. The normalized spacial score (nSPS) is 19.4. The average Bonchev–Trinajstić information content (AvgIpc) is 2.41. The number of aliphatic hydroxyl groups excluding tert-OH is 1. The fraction of sp³-hybridized carbons (Fsp3) is 0.500. The van der Waals surface area contributed by atoms with Crippen molar-refractivity contribution in [3.8, 4) is 5.75 Å². The van der Waals surface area contributed by atoms with Gasteiger partial charge in [-0.2, -0.15) is 5.10 Å². The van der Waals surface area contributed by atoms with Gasteiger partial charge in [-0.25, -0.2) is 5.43 Å².